The van der Waals surface area contributed by atoms with Crippen LogP contribution in [-0.2, 0) is 20.6 Å². The van der Waals surface area contributed by atoms with Crippen LogP contribution in [0.15, 0.2) is 16.1 Å². The van der Waals surface area contributed by atoms with Crippen LogP contribution in [0.1, 0.15) is 17.0 Å². The highest BCUT2D eigenvalue weighted by Crippen LogP contribution is 2.31. The first-order valence-electron chi connectivity index (χ1n) is 5.88. The molecule has 0 atom stereocenters. The molecule has 2 aromatic heterocycles. The standard InChI is InChI=1S/C12H19N5S/c1-8-6-11(16(4)14-8)18-12-10(7-13-3)9(2)15-17(12)5/h6,13H,7H2,1-5H3. The third-order valence-electron chi connectivity index (χ3n) is 2.80. The van der Waals surface area contributed by atoms with Crippen LogP contribution in [0.3, 0.4) is 0 Å². The molecule has 0 spiro atoms. The van der Waals surface area contributed by atoms with E-state index in [0.29, 0.717) is 0 Å². The fourth-order valence-corrected chi connectivity index (χ4v) is 3.09. The molecule has 2 heterocycles. The highest BCUT2D eigenvalue weighted by atomic mass is 32.2. The van der Waals surface area contributed by atoms with Crippen molar-refractivity contribution < 1.29 is 0 Å². The van der Waals surface area contributed by atoms with Crippen molar-refractivity contribution in [2.75, 3.05) is 7.05 Å². The van der Waals surface area contributed by atoms with Crippen molar-refractivity contribution in [2.45, 2.75) is 30.4 Å². The molecule has 6 heteroatoms. The average Bonchev–Trinajstić information content (AvgIpc) is 2.73. The van der Waals surface area contributed by atoms with E-state index >= 15 is 0 Å². The van der Waals surface area contributed by atoms with Gasteiger partial charge >= 0.3 is 0 Å². The number of aryl methyl sites for hydroxylation is 4. The lowest BCUT2D eigenvalue weighted by Gasteiger charge is -2.06. The molecule has 0 unspecified atom stereocenters. The molecule has 5 nitrogen and oxygen atoms in total. The summed E-state index contributed by atoms with van der Waals surface area (Å²) < 4.78 is 3.85. The largest absolute Gasteiger partial charge is 0.316 e. The van der Waals surface area contributed by atoms with Gasteiger partial charge in [0.25, 0.3) is 0 Å². The van der Waals surface area contributed by atoms with E-state index in [9.17, 15) is 0 Å². The molecule has 0 bridgehead atoms. The average molecular weight is 265 g/mol. The Bertz CT molecular complexity index is 555. The molecule has 2 rings (SSSR count). The van der Waals surface area contributed by atoms with Crippen LogP contribution in [-0.4, -0.2) is 26.6 Å². The van der Waals surface area contributed by atoms with Crippen molar-refractivity contribution in [1.82, 2.24) is 24.9 Å². The van der Waals surface area contributed by atoms with Crippen molar-refractivity contribution in [2.24, 2.45) is 14.1 Å². The van der Waals surface area contributed by atoms with Crippen LogP contribution in [0.5, 0.6) is 0 Å². The lowest BCUT2D eigenvalue weighted by atomic mass is 10.3. The lowest BCUT2D eigenvalue weighted by molar-refractivity contribution is 0.671. The van der Waals surface area contributed by atoms with Gasteiger partial charge in [-0.05, 0) is 27.0 Å². The Morgan fingerprint density at radius 1 is 1.22 bits per heavy atom. The summed E-state index contributed by atoms with van der Waals surface area (Å²) in [5.74, 6) is 0. The van der Waals surface area contributed by atoms with E-state index in [4.69, 9.17) is 0 Å². The zero-order valence-corrected chi connectivity index (χ0v) is 12.3. The Hall–Kier alpha value is -1.27. The molecule has 0 aliphatic heterocycles. The van der Waals surface area contributed by atoms with Gasteiger partial charge in [-0.3, -0.25) is 9.36 Å². The number of hydrogen-bond donors (Lipinski definition) is 1. The molecule has 0 saturated carbocycles. The molecular formula is C12H19N5S. The molecule has 0 saturated heterocycles. The van der Waals surface area contributed by atoms with Crippen LogP contribution >= 0.6 is 11.8 Å². The Labute approximate surface area is 112 Å². The van der Waals surface area contributed by atoms with E-state index in [2.05, 4.69) is 21.6 Å². The molecule has 0 amide bonds. The monoisotopic (exact) mass is 265 g/mol. The first-order valence-corrected chi connectivity index (χ1v) is 6.70. The van der Waals surface area contributed by atoms with Gasteiger partial charge in [-0.1, -0.05) is 11.8 Å². The minimum Gasteiger partial charge on any atom is -0.316 e. The van der Waals surface area contributed by atoms with Crippen LogP contribution in [0, 0.1) is 13.8 Å². The first kappa shape index (κ1) is 13.2. The molecule has 0 aliphatic rings. The summed E-state index contributed by atoms with van der Waals surface area (Å²) in [5, 5.41) is 14.4. The smallest absolute Gasteiger partial charge is 0.105 e. The number of nitrogens with one attached hydrogen (secondary N) is 1. The molecule has 98 valence electrons. The summed E-state index contributed by atoms with van der Waals surface area (Å²) in [7, 11) is 5.91. The number of rotatable bonds is 4. The van der Waals surface area contributed by atoms with E-state index in [1.807, 2.05) is 44.4 Å². The molecule has 0 fully saturated rings. The number of nitrogens with zero attached hydrogens (tertiary/aromatic N) is 4. The lowest BCUT2D eigenvalue weighted by Crippen LogP contribution is -2.07. The van der Waals surface area contributed by atoms with Crippen molar-refractivity contribution in [3.05, 3.63) is 23.0 Å². The molecule has 18 heavy (non-hydrogen) atoms. The number of hydrogen-bond acceptors (Lipinski definition) is 4. The second-order valence-corrected chi connectivity index (χ2v) is 5.38. The minimum absolute atomic E-state index is 0.832. The maximum atomic E-state index is 4.49. The Balaban J connectivity index is 2.36. The van der Waals surface area contributed by atoms with Crippen molar-refractivity contribution in [3.63, 3.8) is 0 Å². The minimum atomic E-state index is 0.832. The normalized spacial score (nSPS) is 11.2. The second kappa shape index (κ2) is 5.16. The van der Waals surface area contributed by atoms with Gasteiger partial charge in [0.05, 0.1) is 11.4 Å². The SMILES string of the molecule is CNCc1c(C)nn(C)c1Sc1cc(C)nn1C. The molecule has 2 aromatic rings. The fraction of sp³-hybridized carbons (Fsp3) is 0.500. The Kier molecular flexibility index (Phi) is 3.77. The van der Waals surface area contributed by atoms with E-state index in [0.717, 1.165) is 23.0 Å². The van der Waals surface area contributed by atoms with Gasteiger partial charge in [0.1, 0.15) is 10.1 Å². The van der Waals surface area contributed by atoms with Crippen molar-refractivity contribution in [3.8, 4) is 0 Å². The summed E-state index contributed by atoms with van der Waals surface area (Å²) in [6, 6.07) is 2.09. The molecule has 0 aliphatic carbocycles. The molecule has 0 radical (unpaired) electrons. The quantitative estimate of drug-likeness (QED) is 0.913. The Morgan fingerprint density at radius 2 is 1.94 bits per heavy atom. The number of aromatic nitrogens is 4. The van der Waals surface area contributed by atoms with E-state index < -0.39 is 0 Å². The zero-order chi connectivity index (χ0) is 13.3. The molecule has 1 N–H and O–H groups in total. The van der Waals surface area contributed by atoms with Gasteiger partial charge < -0.3 is 5.32 Å². The summed E-state index contributed by atoms with van der Waals surface area (Å²) in [4.78, 5) is 0. The van der Waals surface area contributed by atoms with Gasteiger partial charge in [0.2, 0.25) is 0 Å². The maximum Gasteiger partial charge on any atom is 0.105 e. The van der Waals surface area contributed by atoms with Gasteiger partial charge in [-0.2, -0.15) is 10.2 Å². The van der Waals surface area contributed by atoms with Gasteiger partial charge in [-0.15, -0.1) is 0 Å². The molecular weight excluding hydrogens is 246 g/mol. The highest BCUT2D eigenvalue weighted by molar-refractivity contribution is 7.99. The van der Waals surface area contributed by atoms with Crippen LogP contribution < -0.4 is 5.32 Å². The van der Waals surface area contributed by atoms with Gasteiger partial charge in [0.15, 0.2) is 0 Å². The zero-order valence-electron chi connectivity index (χ0n) is 11.5. The van der Waals surface area contributed by atoms with Crippen molar-refractivity contribution in [1.29, 1.82) is 0 Å². The van der Waals surface area contributed by atoms with E-state index in [1.165, 1.54) is 10.6 Å². The Morgan fingerprint density at radius 3 is 2.50 bits per heavy atom. The molecule has 0 aromatic carbocycles. The summed E-state index contributed by atoms with van der Waals surface area (Å²) in [6.45, 7) is 4.89. The van der Waals surface area contributed by atoms with Gasteiger partial charge in [0, 0.05) is 26.2 Å². The predicted molar refractivity (Wildman–Crippen MR) is 72.8 cm³/mol. The summed E-state index contributed by atoms with van der Waals surface area (Å²) in [6.07, 6.45) is 0. The second-order valence-electron chi connectivity index (χ2n) is 4.37. The van der Waals surface area contributed by atoms with Crippen LogP contribution in [0.4, 0.5) is 0 Å². The van der Waals surface area contributed by atoms with E-state index in [-0.39, 0.29) is 0 Å². The van der Waals surface area contributed by atoms with Gasteiger partial charge in [-0.25, -0.2) is 0 Å². The van der Waals surface area contributed by atoms with Crippen LogP contribution in [0.25, 0.3) is 0 Å². The first-order chi connectivity index (χ1) is 8.52. The predicted octanol–water partition coefficient (Wildman–Crippen LogP) is 1.64. The van der Waals surface area contributed by atoms with E-state index in [1.54, 1.807) is 11.8 Å². The maximum absolute atomic E-state index is 4.49. The topological polar surface area (TPSA) is 47.7 Å². The summed E-state index contributed by atoms with van der Waals surface area (Å²) in [5.41, 5.74) is 3.37. The highest BCUT2D eigenvalue weighted by Gasteiger charge is 2.15. The fourth-order valence-electron chi connectivity index (χ4n) is 1.97. The third kappa shape index (κ3) is 2.44. The third-order valence-corrected chi connectivity index (χ3v) is 4.10. The van der Waals surface area contributed by atoms with Crippen LogP contribution in [0.2, 0.25) is 0 Å². The summed E-state index contributed by atoms with van der Waals surface area (Å²) >= 11 is 1.71. The van der Waals surface area contributed by atoms with Crippen molar-refractivity contribution >= 4 is 11.8 Å².